The maximum absolute atomic E-state index is 12.4. The van der Waals surface area contributed by atoms with Crippen molar-refractivity contribution in [2.75, 3.05) is 36.8 Å². The van der Waals surface area contributed by atoms with Crippen LogP contribution in [0.25, 0.3) is 0 Å². The summed E-state index contributed by atoms with van der Waals surface area (Å²) < 4.78 is 0.696. The first kappa shape index (κ1) is 23.2. The quantitative estimate of drug-likeness (QED) is 0.344. The van der Waals surface area contributed by atoms with Gasteiger partial charge in [-0.25, -0.2) is 4.98 Å². The summed E-state index contributed by atoms with van der Waals surface area (Å²) in [5, 5.41) is 18.9. The minimum absolute atomic E-state index is 0.0742. The van der Waals surface area contributed by atoms with Gasteiger partial charge in [-0.3, -0.25) is 4.79 Å². The fraction of sp³-hybridized carbons (Fsp3) is 0.292. The number of carbonyl (C=O) groups is 1. The number of anilines is 4. The van der Waals surface area contributed by atoms with E-state index in [9.17, 15) is 9.90 Å². The molecule has 0 unspecified atom stereocenters. The number of rotatable bonds is 9. The molecule has 0 saturated carbocycles. The number of aliphatic hydroxyl groups is 1. The van der Waals surface area contributed by atoms with Crippen molar-refractivity contribution in [3.63, 3.8) is 0 Å². The maximum atomic E-state index is 12.4. The Hall–Kier alpha value is -3.01. The van der Waals surface area contributed by atoms with Crippen LogP contribution in [0.5, 0.6) is 0 Å². The summed E-state index contributed by atoms with van der Waals surface area (Å²) in [4.78, 5) is 23.6. The molecule has 1 saturated heterocycles. The van der Waals surface area contributed by atoms with Crippen LogP contribution in [0.4, 0.5) is 23.1 Å². The van der Waals surface area contributed by atoms with Crippen molar-refractivity contribution >= 4 is 45.0 Å². The molecule has 0 bridgehead atoms. The third-order valence-corrected chi connectivity index (χ3v) is 6.08. The van der Waals surface area contributed by atoms with Crippen LogP contribution in [-0.4, -0.2) is 52.1 Å². The van der Waals surface area contributed by atoms with E-state index in [0.717, 1.165) is 36.6 Å². The number of aliphatic hydroxyl groups excluding tert-OH is 1. The Labute approximate surface area is 201 Å². The lowest BCUT2D eigenvalue weighted by atomic mass is 10.2. The molecule has 3 aromatic rings. The van der Waals surface area contributed by atoms with Crippen molar-refractivity contribution < 1.29 is 9.90 Å². The van der Waals surface area contributed by atoms with Gasteiger partial charge in [0.05, 0.1) is 11.1 Å². The first-order chi connectivity index (χ1) is 16.1. The lowest BCUT2D eigenvalue weighted by Crippen LogP contribution is -2.33. The van der Waals surface area contributed by atoms with E-state index in [2.05, 4.69) is 46.7 Å². The molecule has 2 aromatic carbocycles. The fourth-order valence-corrected chi connectivity index (χ4v) is 3.98. The van der Waals surface area contributed by atoms with E-state index in [4.69, 9.17) is 0 Å². The summed E-state index contributed by atoms with van der Waals surface area (Å²) in [5.41, 5.74) is 2.92. The number of benzene rings is 2. The van der Waals surface area contributed by atoms with E-state index >= 15 is 0 Å². The molecule has 1 aromatic heterocycles. The van der Waals surface area contributed by atoms with Crippen LogP contribution in [0, 0.1) is 0 Å². The maximum Gasteiger partial charge on any atom is 0.251 e. The third kappa shape index (κ3) is 6.28. The van der Waals surface area contributed by atoms with Gasteiger partial charge in [-0.15, -0.1) is 0 Å². The number of halogens is 1. The second-order valence-electron chi connectivity index (χ2n) is 7.84. The highest BCUT2D eigenvalue weighted by molar-refractivity contribution is 9.10. The number of amides is 1. The molecule has 1 aliphatic heterocycles. The number of para-hydroxylation sites is 1. The van der Waals surface area contributed by atoms with E-state index < -0.39 is 0 Å². The van der Waals surface area contributed by atoms with Crippen molar-refractivity contribution in [3.8, 4) is 0 Å². The van der Waals surface area contributed by atoms with Gasteiger partial charge in [0.1, 0.15) is 5.82 Å². The monoisotopic (exact) mass is 510 g/mol. The first-order valence-electron chi connectivity index (χ1n) is 11.0. The van der Waals surface area contributed by atoms with Gasteiger partial charge in [0.15, 0.2) is 0 Å². The summed E-state index contributed by atoms with van der Waals surface area (Å²) in [5.74, 6) is 0.905. The van der Waals surface area contributed by atoms with Gasteiger partial charge in [0.25, 0.3) is 5.91 Å². The van der Waals surface area contributed by atoms with Crippen molar-refractivity contribution in [1.29, 1.82) is 0 Å². The van der Waals surface area contributed by atoms with Gasteiger partial charge in [0, 0.05) is 41.8 Å². The number of nitrogens with one attached hydrogen (secondary N) is 3. The minimum atomic E-state index is -0.0744. The molecule has 1 fully saturated rings. The molecule has 1 amide bonds. The lowest BCUT2D eigenvalue weighted by molar-refractivity contribution is 0.0950. The molecule has 0 atom stereocenters. The molecule has 4 N–H and O–H groups in total. The van der Waals surface area contributed by atoms with E-state index in [1.54, 1.807) is 18.3 Å². The third-order valence-electron chi connectivity index (χ3n) is 5.50. The molecular weight excluding hydrogens is 484 g/mol. The molecule has 0 aliphatic carbocycles. The molecule has 0 spiro atoms. The standard InChI is InChI=1S/C24H27BrN6O2/c25-20-15-27-24(30-22(20)29-21-6-2-1-5-18(21)16-32)28-19-9-7-17(8-10-19)23(33)26-11-14-31-12-3-4-13-31/h1-2,5-10,15,32H,3-4,11-14,16H2,(H,26,33)(H2,27,28,29,30). The Kier molecular flexibility index (Phi) is 7.87. The summed E-state index contributed by atoms with van der Waals surface area (Å²) in [6.07, 6.45) is 4.15. The Balaban J connectivity index is 1.36. The summed E-state index contributed by atoms with van der Waals surface area (Å²) in [7, 11) is 0. The van der Waals surface area contributed by atoms with Crippen molar-refractivity contribution in [2.24, 2.45) is 0 Å². The van der Waals surface area contributed by atoms with Crippen LogP contribution in [0.1, 0.15) is 28.8 Å². The normalized spacial score (nSPS) is 13.6. The molecule has 8 nitrogen and oxygen atoms in total. The summed E-state index contributed by atoms with van der Waals surface area (Å²) in [6.45, 7) is 3.72. The zero-order valence-corrected chi connectivity index (χ0v) is 19.8. The highest BCUT2D eigenvalue weighted by Gasteiger charge is 2.12. The predicted octanol–water partition coefficient (Wildman–Crippen LogP) is 4.04. The molecule has 4 rings (SSSR count). The predicted molar refractivity (Wildman–Crippen MR) is 133 cm³/mol. The lowest BCUT2D eigenvalue weighted by Gasteiger charge is -2.15. The van der Waals surface area contributed by atoms with Crippen LogP contribution in [0.3, 0.4) is 0 Å². The van der Waals surface area contributed by atoms with E-state index in [-0.39, 0.29) is 12.5 Å². The van der Waals surface area contributed by atoms with Gasteiger partial charge in [0.2, 0.25) is 5.95 Å². The molecule has 33 heavy (non-hydrogen) atoms. The van der Waals surface area contributed by atoms with Crippen LogP contribution in [-0.2, 0) is 6.61 Å². The van der Waals surface area contributed by atoms with Crippen LogP contribution >= 0.6 is 15.9 Å². The molecular formula is C24H27BrN6O2. The van der Waals surface area contributed by atoms with Gasteiger partial charge in [-0.05, 0) is 72.2 Å². The van der Waals surface area contributed by atoms with Crippen LogP contribution in [0.15, 0.2) is 59.2 Å². The summed E-state index contributed by atoms with van der Waals surface area (Å²) >= 11 is 3.46. The fourth-order valence-electron chi connectivity index (χ4n) is 3.69. The van der Waals surface area contributed by atoms with E-state index in [0.29, 0.717) is 28.3 Å². The van der Waals surface area contributed by atoms with Crippen molar-refractivity contribution in [3.05, 3.63) is 70.3 Å². The van der Waals surface area contributed by atoms with Crippen molar-refractivity contribution in [2.45, 2.75) is 19.4 Å². The summed E-state index contributed by atoms with van der Waals surface area (Å²) in [6, 6.07) is 14.7. The Morgan fingerprint density at radius 3 is 2.58 bits per heavy atom. The Morgan fingerprint density at radius 2 is 1.82 bits per heavy atom. The topological polar surface area (TPSA) is 102 Å². The first-order valence-corrected chi connectivity index (χ1v) is 11.8. The Bertz CT molecular complexity index is 1090. The molecule has 2 heterocycles. The van der Waals surface area contributed by atoms with E-state index in [1.165, 1.54) is 12.8 Å². The number of hydrogen-bond acceptors (Lipinski definition) is 7. The Morgan fingerprint density at radius 1 is 1.06 bits per heavy atom. The van der Waals surface area contributed by atoms with Gasteiger partial charge in [-0.2, -0.15) is 4.98 Å². The van der Waals surface area contributed by atoms with Gasteiger partial charge < -0.3 is 26.0 Å². The second-order valence-corrected chi connectivity index (χ2v) is 8.69. The van der Waals surface area contributed by atoms with Crippen LogP contribution in [0.2, 0.25) is 0 Å². The number of aromatic nitrogens is 2. The number of carbonyl (C=O) groups excluding carboxylic acids is 1. The van der Waals surface area contributed by atoms with Gasteiger partial charge in [-0.1, -0.05) is 18.2 Å². The number of hydrogen-bond donors (Lipinski definition) is 4. The van der Waals surface area contributed by atoms with Gasteiger partial charge >= 0.3 is 0 Å². The largest absolute Gasteiger partial charge is 0.392 e. The highest BCUT2D eigenvalue weighted by Crippen LogP contribution is 2.27. The number of likely N-dealkylation sites (tertiary alicyclic amines) is 1. The average Bonchev–Trinajstić information content (AvgIpc) is 3.35. The highest BCUT2D eigenvalue weighted by atomic mass is 79.9. The zero-order chi connectivity index (χ0) is 23.0. The molecule has 172 valence electrons. The average molecular weight is 511 g/mol. The van der Waals surface area contributed by atoms with Crippen molar-refractivity contribution in [1.82, 2.24) is 20.2 Å². The molecule has 0 radical (unpaired) electrons. The SMILES string of the molecule is O=C(NCCN1CCCC1)c1ccc(Nc2ncc(Br)c(Nc3ccccc3CO)n2)cc1. The smallest absolute Gasteiger partial charge is 0.251 e. The second kappa shape index (κ2) is 11.2. The zero-order valence-electron chi connectivity index (χ0n) is 18.2. The van der Waals surface area contributed by atoms with E-state index in [1.807, 2.05) is 36.4 Å². The number of nitrogens with zero attached hydrogens (tertiary/aromatic N) is 3. The minimum Gasteiger partial charge on any atom is -0.392 e. The molecule has 9 heteroatoms. The molecule has 1 aliphatic rings. The van der Waals surface area contributed by atoms with Crippen LogP contribution < -0.4 is 16.0 Å².